The molecule has 1 heterocycles. The van der Waals surface area contributed by atoms with Crippen LogP contribution in [0.1, 0.15) is 67.3 Å². The molecule has 0 aliphatic carbocycles. The van der Waals surface area contributed by atoms with Gasteiger partial charge in [-0.2, -0.15) is 0 Å². The minimum absolute atomic E-state index is 0.112. The van der Waals surface area contributed by atoms with Gasteiger partial charge in [-0.15, -0.1) is 0 Å². The zero-order valence-electron chi connectivity index (χ0n) is 24.2. The van der Waals surface area contributed by atoms with Crippen molar-refractivity contribution in [3.05, 3.63) is 65.0 Å². The van der Waals surface area contributed by atoms with Gasteiger partial charge in [-0.3, -0.25) is 14.5 Å². The molecule has 1 saturated heterocycles. The number of carbonyl (C=O) groups excluding carboxylic acids is 3. The summed E-state index contributed by atoms with van der Waals surface area (Å²) in [7, 11) is 0. The molecular formula is C30H42FN5O4. The monoisotopic (exact) mass is 555 g/mol. The van der Waals surface area contributed by atoms with Crippen molar-refractivity contribution in [3.8, 4) is 0 Å². The predicted molar refractivity (Wildman–Crippen MR) is 154 cm³/mol. The smallest absolute Gasteiger partial charge is 0.319 e. The first kappa shape index (κ1) is 31.0. The molecule has 40 heavy (non-hydrogen) atoms. The summed E-state index contributed by atoms with van der Waals surface area (Å²) in [5.74, 6) is -1.11. The Balaban J connectivity index is 1.55. The fraction of sp³-hybridized carbons (Fsp3) is 0.500. The number of nitrogens with zero attached hydrogens (tertiary/aromatic N) is 2. The van der Waals surface area contributed by atoms with Crippen LogP contribution in [0.25, 0.3) is 0 Å². The van der Waals surface area contributed by atoms with Gasteiger partial charge in [0.2, 0.25) is 0 Å². The van der Waals surface area contributed by atoms with E-state index < -0.39 is 11.8 Å². The highest BCUT2D eigenvalue weighted by Crippen LogP contribution is 2.23. The Bertz CT molecular complexity index is 1170. The average Bonchev–Trinajstić information content (AvgIpc) is 2.89. The number of hydrogen-bond donors (Lipinski definition) is 3. The summed E-state index contributed by atoms with van der Waals surface area (Å²) in [6.07, 6.45) is 0.730. The van der Waals surface area contributed by atoms with Crippen molar-refractivity contribution in [1.29, 1.82) is 0 Å². The molecule has 0 atom stereocenters. The van der Waals surface area contributed by atoms with Gasteiger partial charge in [0.1, 0.15) is 5.82 Å². The third-order valence-electron chi connectivity index (χ3n) is 6.28. The number of anilines is 1. The maximum Gasteiger partial charge on any atom is 0.319 e. The zero-order valence-corrected chi connectivity index (χ0v) is 24.2. The molecule has 0 spiro atoms. The number of ether oxygens (including phenoxy) is 1. The van der Waals surface area contributed by atoms with Gasteiger partial charge in [-0.1, -0.05) is 18.2 Å². The Kier molecular flexibility index (Phi) is 11.0. The molecule has 10 heteroatoms. The number of para-hydroxylation sites is 1. The quantitative estimate of drug-likeness (QED) is 0.381. The lowest BCUT2D eigenvalue weighted by Gasteiger charge is -2.35. The van der Waals surface area contributed by atoms with Gasteiger partial charge in [0.25, 0.3) is 11.8 Å². The van der Waals surface area contributed by atoms with E-state index in [0.717, 1.165) is 5.56 Å². The van der Waals surface area contributed by atoms with Crippen LogP contribution in [0, 0.1) is 5.82 Å². The largest absolute Gasteiger partial charge is 0.379 e. The molecule has 4 amide bonds. The zero-order chi connectivity index (χ0) is 29.3. The van der Waals surface area contributed by atoms with E-state index in [1.165, 1.54) is 18.2 Å². The van der Waals surface area contributed by atoms with Crippen molar-refractivity contribution in [1.82, 2.24) is 20.4 Å². The van der Waals surface area contributed by atoms with Crippen LogP contribution in [0.5, 0.6) is 0 Å². The topological polar surface area (TPSA) is 103 Å². The first-order valence-corrected chi connectivity index (χ1v) is 13.8. The summed E-state index contributed by atoms with van der Waals surface area (Å²) in [6, 6.07) is 11.2. The lowest BCUT2D eigenvalue weighted by Crippen LogP contribution is -2.48. The van der Waals surface area contributed by atoms with Crippen molar-refractivity contribution < 1.29 is 23.5 Å². The van der Waals surface area contributed by atoms with Gasteiger partial charge < -0.3 is 25.6 Å². The number of amides is 4. The predicted octanol–water partition coefficient (Wildman–Crippen LogP) is 4.25. The molecule has 0 saturated carbocycles. The van der Waals surface area contributed by atoms with Gasteiger partial charge in [0, 0.05) is 57.0 Å². The van der Waals surface area contributed by atoms with Gasteiger partial charge >= 0.3 is 6.03 Å². The Morgan fingerprint density at radius 2 is 1.73 bits per heavy atom. The molecule has 218 valence electrons. The number of rotatable bonds is 10. The van der Waals surface area contributed by atoms with E-state index in [1.54, 1.807) is 11.0 Å². The normalized spacial score (nSPS) is 14.2. The van der Waals surface area contributed by atoms with Crippen LogP contribution in [0.2, 0.25) is 0 Å². The molecule has 0 unspecified atom stereocenters. The minimum atomic E-state index is -0.668. The molecule has 2 aromatic rings. The van der Waals surface area contributed by atoms with Crippen molar-refractivity contribution >= 4 is 23.5 Å². The molecule has 3 rings (SSSR count). The van der Waals surface area contributed by atoms with E-state index in [1.807, 2.05) is 52.8 Å². The number of piperazine rings is 1. The van der Waals surface area contributed by atoms with Crippen LogP contribution in [0.3, 0.4) is 0 Å². The van der Waals surface area contributed by atoms with E-state index in [2.05, 4.69) is 20.9 Å². The van der Waals surface area contributed by atoms with Crippen LogP contribution in [-0.2, 0) is 11.3 Å². The second-order valence-electron chi connectivity index (χ2n) is 11.3. The SMILES string of the molecule is CC(C)OCCCNC(=O)Nc1c(F)cccc1C(=O)N1CCN(Cc2cccc(C(=O)NC(C)(C)C)c2)CC1. The molecular weight excluding hydrogens is 513 g/mol. The van der Waals surface area contributed by atoms with E-state index in [4.69, 9.17) is 4.74 Å². The molecule has 0 radical (unpaired) electrons. The fourth-order valence-electron chi connectivity index (χ4n) is 4.34. The number of carbonyl (C=O) groups is 3. The maximum atomic E-state index is 14.7. The van der Waals surface area contributed by atoms with Crippen LogP contribution >= 0.6 is 0 Å². The van der Waals surface area contributed by atoms with Crippen molar-refractivity contribution in [3.63, 3.8) is 0 Å². The van der Waals surface area contributed by atoms with Gasteiger partial charge in [-0.05, 0) is 70.9 Å². The average molecular weight is 556 g/mol. The molecule has 9 nitrogen and oxygen atoms in total. The lowest BCUT2D eigenvalue weighted by atomic mass is 10.1. The maximum absolute atomic E-state index is 14.7. The van der Waals surface area contributed by atoms with Crippen molar-refractivity contribution in [2.24, 2.45) is 0 Å². The van der Waals surface area contributed by atoms with E-state index >= 15 is 0 Å². The van der Waals surface area contributed by atoms with E-state index in [0.29, 0.717) is 57.9 Å². The number of benzene rings is 2. The first-order chi connectivity index (χ1) is 18.9. The number of hydrogen-bond acceptors (Lipinski definition) is 5. The number of nitrogens with one attached hydrogen (secondary N) is 3. The summed E-state index contributed by atoms with van der Waals surface area (Å²) >= 11 is 0. The third-order valence-corrected chi connectivity index (χ3v) is 6.28. The molecule has 1 fully saturated rings. The van der Waals surface area contributed by atoms with Gasteiger partial charge in [-0.25, -0.2) is 9.18 Å². The van der Waals surface area contributed by atoms with Crippen LogP contribution < -0.4 is 16.0 Å². The number of urea groups is 1. The van der Waals surface area contributed by atoms with Gasteiger partial charge in [0.05, 0.1) is 17.4 Å². The van der Waals surface area contributed by atoms with E-state index in [9.17, 15) is 18.8 Å². The minimum Gasteiger partial charge on any atom is -0.379 e. The highest BCUT2D eigenvalue weighted by Gasteiger charge is 2.26. The highest BCUT2D eigenvalue weighted by atomic mass is 19.1. The highest BCUT2D eigenvalue weighted by molar-refractivity contribution is 6.03. The lowest BCUT2D eigenvalue weighted by molar-refractivity contribution is 0.0628. The van der Waals surface area contributed by atoms with Gasteiger partial charge in [0.15, 0.2) is 0 Å². The first-order valence-electron chi connectivity index (χ1n) is 13.8. The van der Waals surface area contributed by atoms with Crippen molar-refractivity contribution in [2.45, 2.75) is 59.2 Å². The van der Waals surface area contributed by atoms with Crippen molar-refractivity contribution in [2.75, 3.05) is 44.6 Å². The standard InChI is InChI=1S/C30H42FN5O4/c1-21(2)40-18-8-13-32-29(39)33-26-24(11-7-12-25(26)31)28(38)36-16-14-35(15-17-36)20-22-9-6-10-23(19-22)27(37)34-30(3,4)5/h6-7,9-12,19,21H,8,13-18,20H2,1-5H3,(H,34,37)(H2,32,33,39). The van der Waals surface area contributed by atoms with Crippen LogP contribution in [-0.4, -0.2) is 78.6 Å². The fourth-order valence-corrected chi connectivity index (χ4v) is 4.34. The Morgan fingerprint density at radius 3 is 2.40 bits per heavy atom. The second kappa shape index (κ2) is 14.2. The summed E-state index contributed by atoms with van der Waals surface area (Å²) in [4.78, 5) is 42.1. The summed E-state index contributed by atoms with van der Waals surface area (Å²) < 4.78 is 20.1. The molecule has 3 N–H and O–H groups in total. The molecule has 1 aliphatic rings. The van der Waals surface area contributed by atoms with E-state index in [-0.39, 0.29) is 34.7 Å². The second-order valence-corrected chi connectivity index (χ2v) is 11.3. The number of halogens is 1. The Morgan fingerprint density at radius 1 is 1.02 bits per heavy atom. The Hall–Kier alpha value is -3.50. The van der Waals surface area contributed by atoms with Crippen LogP contribution in [0.4, 0.5) is 14.9 Å². The summed E-state index contributed by atoms with van der Waals surface area (Å²) in [5.41, 5.74) is 1.29. The third kappa shape index (κ3) is 9.60. The molecule has 0 bridgehead atoms. The summed E-state index contributed by atoms with van der Waals surface area (Å²) in [6.45, 7) is 13.4. The Labute approximate surface area is 236 Å². The molecule has 1 aliphatic heterocycles. The van der Waals surface area contributed by atoms with Crippen LogP contribution in [0.15, 0.2) is 42.5 Å². The summed E-state index contributed by atoms with van der Waals surface area (Å²) in [5, 5.41) is 8.17. The molecule has 0 aromatic heterocycles. The molecule has 2 aromatic carbocycles.